The van der Waals surface area contributed by atoms with Gasteiger partial charge in [-0.1, -0.05) is 30.3 Å². The van der Waals surface area contributed by atoms with Crippen molar-refractivity contribution in [1.29, 1.82) is 0 Å². The molecule has 180 valence electrons. The maximum atomic E-state index is 13.1. The second kappa shape index (κ2) is 10.2. The number of nitrogens with one attached hydrogen (secondary N) is 2. The zero-order valence-corrected chi connectivity index (χ0v) is 20.4. The number of aromatic nitrogens is 1. The first kappa shape index (κ1) is 23.0. The molecule has 1 amide bonds. The summed E-state index contributed by atoms with van der Waals surface area (Å²) in [5, 5.41) is 4.34. The smallest absolute Gasteiger partial charge is 0.224 e. The SMILES string of the molecule is COc1ccc(-c2[nH]c3ccccc3c2CCC(=O)Nc2ccccc2N2CCN(C)CC2)cc1. The first-order valence-corrected chi connectivity index (χ1v) is 12.2. The number of piperazine rings is 1. The second-order valence-electron chi connectivity index (χ2n) is 9.11. The van der Waals surface area contributed by atoms with Crippen LogP contribution < -0.4 is 15.0 Å². The molecule has 0 saturated carbocycles. The third-order valence-electron chi connectivity index (χ3n) is 6.82. The van der Waals surface area contributed by atoms with Crippen LogP contribution in [0.15, 0.2) is 72.8 Å². The van der Waals surface area contributed by atoms with Crippen molar-refractivity contribution in [3.63, 3.8) is 0 Å². The van der Waals surface area contributed by atoms with Crippen LogP contribution in [0, 0.1) is 0 Å². The number of aryl methyl sites for hydroxylation is 1. The summed E-state index contributed by atoms with van der Waals surface area (Å²) in [7, 11) is 3.82. The molecule has 0 unspecified atom stereocenters. The van der Waals surface area contributed by atoms with Gasteiger partial charge in [-0.25, -0.2) is 0 Å². The number of carbonyl (C=O) groups is 1. The molecule has 1 aliphatic heterocycles. The number of likely N-dealkylation sites (N-methyl/N-ethyl adjacent to an activating group) is 1. The van der Waals surface area contributed by atoms with Crippen LogP contribution in [0.1, 0.15) is 12.0 Å². The van der Waals surface area contributed by atoms with Crippen LogP contribution in [0.5, 0.6) is 5.75 Å². The van der Waals surface area contributed by atoms with E-state index in [1.165, 1.54) is 0 Å². The van der Waals surface area contributed by atoms with E-state index >= 15 is 0 Å². The van der Waals surface area contributed by atoms with Crippen LogP contribution in [0.3, 0.4) is 0 Å². The Kier molecular flexibility index (Phi) is 6.73. The van der Waals surface area contributed by atoms with E-state index < -0.39 is 0 Å². The van der Waals surface area contributed by atoms with E-state index in [4.69, 9.17) is 4.74 Å². The summed E-state index contributed by atoms with van der Waals surface area (Å²) in [6, 6.07) is 24.4. The van der Waals surface area contributed by atoms with Crippen molar-refractivity contribution in [3.8, 4) is 17.0 Å². The highest BCUT2D eigenvalue weighted by atomic mass is 16.5. The molecule has 0 spiro atoms. The number of H-pyrrole nitrogens is 1. The van der Waals surface area contributed by atoms with Crippen molar-refractivity contribution in [2.24, 2.45) is 0 Å². The Morgan fingerprint density at radius 1 is 0.943 bits per heavy atom. The van der Waals surface area contributed by atoms with E-state index in [1.807, 2.05) is 42.5 Å². The minimum absolute atomic E-state index is 0.0255. The number of amides is 1. The molecular weight excluding hydrogens is 436 g/mol. The highest BCUT2D eigenvalue weighted by Gasteiger charge is 2.19. The monoisotopic (exact) mass is 468 g/mol. The number of rotatable bonds is 7. The molecule has 0 atom stereocenters. The van der Waals surface area contributed by atoms with E-state index in [0.29, 0.717) is 12.8 Å². The first-order valence-electron chi connectivity index (χ1n) is 12.2. The molecule has 1 aromatic heterocycles. The standard InChI is InChI=1S/C29H32N4O2/c1-32-17-19-33(20-18-32)27-10-6-5-9-26(27)30-28(34)16-15-24-23-7-3-4-8-25(23)31-29(24)21-11-13-22(35-2)14-12-21/h3-14,31H,15-20H2,1-2H3,(H,30,34). The van der Waals surface area contributed by atoms with E-state index in [0.717, 1.165) is 71.0 Å². The van der Waals surface area contributed by atoms with Crippen molar-refractivity contribution in [1.82, 2.24) is 9.88 Å². The number of aromatic amines is 1. The molecule has 1 saturated heterocycles. The summed E-state index contributed by atoms with van der Waals surface area (Å²) in [5.41, 5.74) is 6.36. The van der Waals surface area contributed by atoms with E-state index in [9.17, 15) is 4.79 Å². The molecule has 1 fully saturated rings. The molecule has 6 heteroatoms. The normalized spacial score (nSPS) is 14.3. The number of ether oxygens (including phenoxy) is 1. The van der Waals surface area contributed by atoms with Gasteiger partial charge in [-0.15, -0.1) is 0 Å². The Bertz CT molecular complexity index is 1300. The molecule has 0 bridgehead atoms. The van der Waals surface area contributed by atoms with Crippen LogP contribution in [0.4, 0.5) is 11.4 Å². The lowest BCUT2D eigenvalue weighted by Crippen LogP contribution is -2.44. The molecule has 5 rings (SSSR count). The number of benzene rings is 3. The van der Waals surface area contributed by atoms with Crippen LogP contribution in [0.2, 0.25) is 0 Å². The second-order valence-corrected chi connectivity index (χ2v) is 9.11. The Labute approximate surface area is 206 Å². The van der Waals surface area contributed by atoms with Crippen molar-refractivity contribution < 1.29 is 9.53 Å². The van der Waals surface area contributed by atoms with Gasteiger partial charge in [0.1, 0.15) is 5.75 Å². The van der Waals surface area contributed by atoms with Gasteiger partial charge in [0.05, 0.1) is 18.5 Å². The molecule has 0 aliphatic carbocycles. The Balaban J connectivity index is 1.34. The molecule has 4 aromatic rings. The van der Waals surface area contributed by atoms with Crippen LogP contribution in [-0.4, -0.2) is 56.1 Å². The molecule has 35 heavy (non-hydrogen) atoms. The highest BCUT2D eigenvalue weighted by Crippen LogP contribution is 2.33. The van der Waals surface area contributed by atoms with Crippen LogP contribution >= 0.6 is 0 Å². The number of fused-ring (bicyclic) bond motifs is 1. The number of para-hydroxylation sites is 3. The van der Waals surface area contributed by atoms with Gasteiger partial charge in [-0.3, -0.25) is 4.79 Å². The number of nitrogens with zero attached hydrogens (tertiary/aromatic N) is 2. The number of hydrogen-bond acceptors (Lipinski definition) is 4. The first-order chi connectivity index (χ1) is 17.1. The lowest BCUT2D eigenvalue weighted by atomic mass is 10.0. The maximum absolute atomic E-state index is 13.1. The molecule has 2 heterocycles. The lowest BCUT2D eigenvalue weighted by Gasteiger charge is -2.35. The van der Waals surface area contributed by atoms with E-state index in [2.05, 4.69) is 57.5 Å². The van der Waals surface area contributed by atoms with Crippen molar-refractivity contribution in [3.05, 3.63) is 78.4 Å². The molecule has 1 aliphatic rings. The molecular formula is C29H32N4O2. The number of anilines is 2. The zero-order valence-electron chi connectivity index (χ0n) is 20.4. The highest BCUT2D eigenvalue weighted by molar-refractivity contribution is 5.96. The van der Waals surface area contributed by atoms with Gasteiger partial charge in [-0.2, -0.15) is 0 Å². The van der Waals surface area contributed by atoms with Gasteiger partial charge in [0.25, 0.3) is 0 Å². The Morgan fingerprint density at radius 3 is 2.43 bits per heavy atom. The predicted molar refractivity (Wildman–Crippen MR) is 143 cm³/mol. The van der Waals surface area contributed by atoms with Gasteiger partial charge in [0, 0.05) is 49.2 Å². The number of carbonyl (C=O) groups excluding carboxylic acids is 1. The predicted octanol–water partition coefficient (Wildman–Crippen LogP) is 5.17. The molecule has 6 nitrogen and oxygen atoms in total. The molecule has 2 N–H and O–H groups in total. The summed E-state index contributed by atoms with van der Waals surface area (Å²) in [5.74, 6) is 0.849. The van der Waals surface area contributed by atoms with E-state index in [-0.39, 0.29) is 5.91 Å². The average Bonchev–Trinajstić information content (AvgIpc) is 3.27. The van der Waals surface area contributed by atoms with Gasteiger partial charge >= 0.3 is 0 Å². The fourth-order valence-corrected chi connectivity index (χ4v) is 4.82. The third kappa shape index (κ3) is 5.03. The van der Waals surface area contributed by atoms with Crippen molar-refractivity contribution in [2.45, 2.75) is 12.8 Å². The molecule has 0 radical (unpaired) electrons. The van der Waals surface area contributed by atoms with Gasteiger partial charge in [0.2, 0.25) is 5.91 Å². The van der Waals surface area contributed by atoms with Crippen molar-refractivity contribution in [2.75, 3.05) is 50.6 Å². The molecule has 3 aromatic carbocycles. The summed E-state index contributed by atoms with van der Waals surface area (Å²) in [6.45, 7) is 3.97. The average molecular weight is 469 g/mol. The minimum atomic E-state index is 0.0255. The third-order valence-corrected chi connectivity index (χ3v) is 6.82. The Hall–Kier alpha value is -3.77. The fraction of sp³-hybridized carbons (Fsp3) is 0.276. The zero-order chi connectivity index (χ0) is 24.2. The number of methoxy groups -OCH3 is 1. The van der Waals surface area contributed by atoms with Crippen molar-refractivity contribution >= 4 is 28.2 Å². The maximum Gasteiger partial charge on any atom is 0.224 e. The van der Waals surface area contributed by atoms with E-state index in [1.54, 1.807) is 7.11 Å². The van der Waals surface area contributed by atoms with Gasteiger partial charge < -0.3 is 24.8 Å². The Morgan fingerprint density at radius 2 is 1.66 bits per heavy atom. The minimum Gasteiger partial charge on any atom is -0.497 e. The quantitative estimate of drug-likeness (QED) is 0.393. The van der Waals surface area contributed by atoms with Gasteiger partial charge in [-0.05, 0) is 67.1 Å². The van der Waals surface area contributed by atoms with Crippen LogP contribution in [0.25, 0.3) is 22.2 Å². The summed E-state index contributed by atoms with van der Waals surface area (Å²) < 4.78 is 5.32. The topological polar surface area (TPSA) is 60.6 Å². The largest absolute Gasteiger partial charge is 0.497 e. The summed E-state index contributed by atoms with van der Waals surface area (Å²) >= 11 is 0. The lowest BCUT2D eigenvalue weighted by molar-refractivity contribution is -0.116. The summed E-state index contributed by atoms with van der Waals surface area (Å²) in [6.07, 6.45) is 1.05. The van der Waals surface area contributed by atoms with Gasteiger partial charge in [0.15, 0.2) is 0 Å². The number of hydrogen-bond donors (Lipinski definition) is 2. The van der Waals surface area contributed by atoms with Crippen LogP contribution in [-0.2, 0) is 11.2 Å². The fourth-order valence-electron chi connectivity index (χ4n) is 4.82. The summed E-state index contributed by atoms with van der Waals surface area (Å²) in [4.78, 5) is 21.4.